The lowest BCUT2D eigenvalue weighted by Crippen LogP contribution is -2.16. The Morgan fingerprint density at radius 3 is 2.94 bits per heavy atom. The number of allylic oxidation sites excluding steroid dienone is 3. The number of halogens is 1. The Bertz CT molecular complexity index is 484. The number of nitrogens with zero attached hydrogens (tertiary/aromatic N) is 1. The van der Waals surface area contributed by atoms with E-state index in [4.69, 9.17) is 10.5 Å². The second-order valence-electron chi connectivity index (χ2n) is 3.59. The zero-order valence-electron chi connectivity index (χ0n) is 10.3. The SMILES string of the molecule is C/C=C(Br)\C=C/C(C)Oc1ccncc1C(N)=O. The summed E-state index contributed by atoms with van der Waals surface area (Å²) in [5, 5.41) is 0. The Labute approximate surface area is 115 Å². The van der Waals surface area contributed by atoms with E-state index >= 15 is 0 Å². The fourth-order valence-electron chi connectivity index (χ4n) is 1.23. The summed E-state index contributed by atoms with van der Waals surface area (Å²) in [6.45, 7) is 3.80. The van der Waals surface area contributed by atoms with Crippen LogP contribution in [-0.4, -0.2) is 17.0 Å². The van der Waals surface area contributed by atoms with Gasteiger partial charge in [0.05, 0.1) is 5.56 Å². The largest absolute Gasteiger partial charge is 0.486 e. The summed E-state index contributed by atoms with van der Waals surface area (Å²) >= 11 is 3.36. The fourth-order valence-corrected chi connectivity index (χ4v) is 1.39. The number of ether oxygens (including phenoxy) is 1. The van der Waals surface area contributed by atoms with E-state index < -0.39 is 5.91 Å². The average molecular weight is 311 g/mol. The first-order chi connectivity index (χ1) is 8.54. The molecule has 0 aliphatic carbocycles. The van der Waals surface area contributed by atoms with Crippen LogP contribution in [-0.2, 0) is 0 Å². The van der Waals surface area contributed by atoms with Gasteiger partial charge in [0.15, 0.2) is 0 Å². The molecule has 4 nitrogen and oxygen atoms in total. The number of hydrogen-bond acceptors (Lipinski definition) is 3. The van der Waals surface area contributed by atoms with E-state index in [-0.39, 0.29) is 11.7 Å². The van der Waals surface area contributed by atoms with Gasteiger partial charge in [-0.1, -0.05) is 22.0 Å². The van der Waals surface area contributed by atoms with Crippen molar-refractivity contribution in [3.8, 4) is 5.75 Å². The number of nitrogens with two attached hydrogens (primary N) is 1. The lowest BCUT2D eigenvalue weighted by molar-refractivity contribution is 0.0995. The average Bonchev–Trinajstić information content (AvgIpc) is 2.36. The maximum Gasteiger partial charge on any atom is 0.254 e. The molecule has 0 radical (unpaired) electrons. The van der Waals surface area contributed by atoms with E-state index in [9.17, 15) is 4.79 Å². The van der Waals surface area contributed by atoms with Gasteiger partial charge in [-0.15, -0.1) is 0 Å². The minimum Gasteiger partial charge on any atom is -0.486 e. The van der Waals surface area contributed by atoms with Crippen LogP contribution in [0, 0.1) is 0 Å². The molecule has 1 aromatic heterocycles. The molecule has 1 unspecified atom stereocenters. The molecule has 0 saturated heterocycles. The third-order valence-electron chi connectivity index (χ3n) is 2.16. The molecule has 96 valence electrons. The van der Waals surface area contributed by atoms with Crippen LogP contribution in [0.15, 0.2) is 41.2 Å². The van der Waals surface area contributed by atoms with Crippen LogP contribution in [0.1, 0.15) is 24.2 Å². The smallest absolute Gasteiger partial charge is 0.254 e. The van der Waals surface area contributed by atoms with Gasteiger partial charge >= 0.3 is 0 Å². The Balaban J connectivity index is 2.79. The molecule has 1 amide bonds. The van der Waals surface area contributed by atoms with Crippen molar-refractivity contribution in [1.29, 1.82) is 0 Å². The quantitative estimate of drug-likeness (QED) is 0.850. The number of pyridine rings is 1. The van der Waals surface area contributed by atoms with Crippen LogP contribution in [0.5, 0.6) is 5.75 Å². The highest BCUT2D eigenvalue weighted by Gasteiger charge is 2.10. The van der Waals surface area contributed by atoms with Crippen molar-refractivity contribution >= 4 is 21.8 Å². The van der Waals surface area contributed by atoms with Gasteiger partial charge in [-0.2, -0.15) is 0 Å². The van der Waals surface area contributed by atoms with Crippen LogP contribution in [0.4, 0.5) is 0 Å². The number of aromatic nitrogens is 1. The van der Waals surface area contributed by atoms with Crippen molar-refractivity contribution in [3.63, 3.8) is 0 Å². The number of primary amides is 1. The van der Waals surface area contributed by atoms with Crippen molar-refractivity contribution in [3.05, 3.63) is 46.7 Å². The van der Waals surface area contributed by atoms with Crippen LogP contribution in [0.25, 0.3) is 0 Å². The number of hydrogen-bond donors (Lipinski definition) is 1. The molecule has 1 atom stereocenters. The molecule has 0 fully saturated rings. The molecule has 0 aromatic carbocycles. The lowest BCUT2D eigenvalue weighted by Gasteiger charge is -2.12. The van der Waals surface area contributed by atoms with Gasteiger partial charge < -0.3 is 10.5 Å². The second kappa shape index (κ2) is 6.96. The number of rotatable bonds is 5. The molecule has 2 N–H and O–H groups in total. The van der Waals surface area contributed by atoms with Crippen LogP contribution < -0.4 is 10.5 Å². The molecule has 1 rings (SSSR count). The molecule has 0 spiro atoms. The first kappa shape index (κ1) is 14.4. The van der Waals surface area contributed by atoms with Gasteiger partial charge in [-0.25, -0.2) is 0 Å². The molecule has 0 aliphatic heterocycles. The number of amides is 1. The van der Waals surface area contributed by atoms with Crippen LogP contribution in [0.3, 0.4) is 0 Å². The molecule has 0 bridgehead atoms. The molecular weight excluding hydrogens is 296 g/mol. The van der Waals surface area contributed by atoms with E-state index in [1.54, 1.807) is 12.3 Å². The van der Waals surface area contributed by atoms with E-state index in [0.29, 0.717) is 5.75 Å². The van der Waals surface area contributed by atoms with Gasteiger partial charge in [0.2, 0.25) is 0 Å². The van der Waals surface area contributed by atoms with Gasteiger partial charge in [0.25, 0.3) is 5.91 Å². The maximum absolute atomic E-state index is 11.2. The van der Waals surface area contributed by atoms with Gasteiger partial charge in [-0.05, 0) is 32.1 Å². The molecule has 1 heterocycles. The Morgan fingerprint density at radius 1 is 1.61 bits per heavy atom. The van der Waals surface area contributed by atoms with E-state index in [1.807, 2.05) is 32.1 Å². The fraction of sp³-hybridized carbons (Fsp3) is 0.231. The number of carbonyl (C=O) groups is 1. The van der Waals surface area contributed by atoms with Crippen molar-refractivity contribution < 1.29 is 9.53 Å². The van der Waals surface area contributed by atoms with E-state index in [1.165, 1.54) is 6.20 Å². The van der Waals surface area contributed by atoms with Crippen molar-refractivity contribution in [2.24, 2.45) is 5.73 Å². The Morgan fingerprint density at radius 2 is 2.33 bits per heavy atom. The highest BCUT2D eigenvalue weighted by Crippen LogP contribution is 2.18. The minimum atomic E-state index is -0.552. The first-order valence-electron chi connectivity index (χ1n) is 5.45. The topological polar surface area (TPSA) is 65.2 Å². The van der Waals surface area contributed by atoms with Gasteiger partial charge in [-0.3, -0.25) is 9.78 Å². The van der Waals surface area contributed by atoms with Crippen molar-refractivity contribution in [2.45, 2.75) is 20.0 Å². The summed E-state index contributed by atoms with van der Waals surface area (Å²) in [7, 11) is 0. The summed E-state index contributed by atoms with van der Waals surface area (Å²) in [5.74, 6) is -0.116. The zero-order valence-corrected chi connectivity index (χ0v) is 11.8. The maximum atomic E-state index is 11.2. The second-order valence-corrected chi connectivity index (χ2v) is 4.51. The molecule has 0 saturated carbocycles. The Hall–Kier alpha value is -1.62. The van der Waals surface area contributed by atoms with Crippen LogP contribution >= 0.6 is 15.9 Å². The molecular formula is C13H15BrN2O2. The molecule has 0 aliphatic rings. The minimum absolute atomic E-state index is 0.182. The summed E-state index contributed by atoms with van der Waals surface area (Å²) < 4.78 is 6.59. The highest BCUT2D eigenvalue weighted by atomic mass is 79.9. The van der Waals surface area contributed by atoms with E-state index in [0.717, 1.165) is 4.48 Å². The Kier molecular flexibility index (Phi) is 5.58. The molecule has 1 aromatic rings. The summed E-state index contributed by atoms with van der Waals surface area (Å²) in [6, 6.07) is 1.62. The third-order valence-corrected chi connectivity index (χ3v) is 2.88. The standard InChI is InChI=1S/C13H15BrN2O2/c1-3-10(14)5-4-9(2)18-12-6-7-16-8-11(12)13(15)17/h3-9H,1-2H3,(H2,15,17)/b5-4-,10-3+. The van der Waals surface area contributed by atoms with Gasteiger partial charge in [0.1, 0.15) is 11.9 Å². The van der Waals surface area contributed by atoms with E-state index in [2.05, 4.69) is 20.9 Å². The predicted octanol–water partition coefficient (Wildman–Crippen LogP) is 2.80. The van der Waals surface area contributed by atoms with Crippen molar-refractivity contribution in [2.75, 3.05) is 0 Å². The zero-order chi connectivity index (χ0) is 13.5. The van der Waals surface area contributed by atoms with Gasteiger partial charge in [0, 0.05) is 16.9 Å². The van der Waals surface area contributed by atoms with Crippen molar-refractivity contribution in [1.82, 2.24) is 4.98 Å². The summed E-state index contributed by atoms with van der Waals surface area (Å²) in [4.78, 5) is 15.0. The first-order valence-corrected chi connectivity index (χ1v) is 6.24. The normalized spacial score (nSPS) is 13.6. The summed E-state index contributed by atoms with van der Waals surface area (Å²) in [5.41, 5.74) is 5.52. The highest BCUT2D eigenvalue weighted by molar-refractivity contribution is 9.11. The lowest BCUT2D eigenvalue weighted by atomic mass is 10.2. The monoisotopic (exact) mass is 310 g/mol. The summed E-state index contributed by atoms with van der Waals surface area (Å²) in [6.07, 6.45) is 8.45. The molecule has 18 heavy (non-hydrogen) atoms. The molecule has 5 heteroatoms. The third kappa shape index (κ3) is 4.33. The van der Waals surface area contributed by atoms with Crippen LogP contribution in [0.2, 0.25) is 0 Å². The predicted molar refractivity (Wildman–Crippen MR) is 74.7 cm³/mol. The number of carbonyl (C=O) groups excluding carboxylic acids is 1.